The van der Waals surface area contributed by atoms with E-state index < -0.39 is 11.7 Å². The molecule has 0 aliphatic carbocycles. The van der Waals surface area contributed by atoms with E-state index in [2.05, 4.69) is 10.6 Å². The van der Waals surface area contributed by atoms with Crippen LogP contribution in [0.25, 0.3) is 0 Å². The van der Waals surface area contributed by atoms with Crippen LogP contribution in [-0.4, -0.2) is 18.2 Å². The molecule has 21 heavy (non-hydrogen) atoms. The molecule has 1 unspecified atom stereocenters. The molecular weight excluding hydrogens is 288 g/mol. The summed E-state index contributed by atoms with van der Waals surface area (Å²) in [6, 6.07) is 5.85. The molecule has 5 heteroatoms. The van der Waals surface area contributed by atoms with Crippen LogP contribution in [0.15, 0.2) is 18.2 Å². The Balaban J connectivity index is 2.17. The van der Waals surface area contributed by atoms with Gasteiger partial charge in [0, 0.05) is 11.1 Å². The van der Waals surface area contributed by atoms with Crippen molar-refractivity contribution in [1.82, 2.24) is 5.32 Å². The van der Waals surface area contributed by atoms with Gasteiger partial charge in [-0.2, -0.15) is 0 Å². The first-order valence-electron chi connectivity index (χ1n) is 7.38. The van der Waals surface area contributed by atoms with Gasteiger partial charge in [0.25, 0.3) is 0 Å². The summed E-state index contributed by atoms with van der Waals surface area (Å²) in [5, 5.41) is 6.90. The Labute approximate surface area is 131 Å². The fourth-order valence-electron chi connectivity index (χ4n) is 2.47. The van der Waals surface area contributed by atoms with Gasteiger partial charge in [-0.25, -0.2) is 4.79 Å². The largest absolute Gasteiger partial charge is 0.444 e. The summed E-state index contributed by atoms with van der Waals surface area (Å²) < 4.78 is 5.31. The van der Waals surface area contributed by atoms with Crippen molar-refractivity contribution in [2.24, 2.45) is 0 Å². The molecule has 0 spiro atoms. The predicted octanol–water partition coefficient (Wildman–Crippen LogP) is 4.50. The smallest absolute Gasteiger partial charge is 0.412 e. The van der Waals surface area contributed by atoms with E-state index in [0.29, 0.717) is 5.02 Å². The maximum atomic E-state index is 12.0. The molecule has 1 aliphatic rings. The van der Waals surface area contributed by atoms with Crippen LogP contribution in [0.2, 0.25) is 5.02 Å². The first-order chi connectivity index (χ1) is 9.85. The average Bonchev–Trinajstić information content (AvgIpc) is 2.37. The summed E-state index contributed by atoms with van der Waals surface area (Å²) in [6.45, 7) is 6.52. The lowest BCUT2D eigenvalue weighted by Gasteiger charge is -2.26. The van der Waals surface area contributed by atoms with Crippen LogP contribution in [-0.2, 0) is 4.74 Å². The molecule has 0 aromatic heterocycles. The van der Waals surface area contributed by atoms with E-state index >= 15 is 0 Å². The second-order valence-electron chi connectivity index (χ2n) is 6.36. The normalized spacial score (nSPS) is 19.1. The fourth-order valence-corrected chi connectivity index (χ4v) is 2.64. The summed E-state index contributed by atoms with van der Waals surface area (Å²) in [7, 11) is 0. The van der Waals surface area contributed by atoms with Crippen molar-refractivity contribution in [3.05, 3.63) is 28.8 Å². The zero-order valence-electron chi connectivity index (χ0n) is 12.8. The number of amides is 1. The lowest BCUT2D eigenvalue weighted by Crippen LogP contribution is -2.30. The number of carbonyl (C=O) groups excluding carboxylic acids is 1. The van der Waals surface area contributed by atoms with Crippen LogP contribution >= 0.6 is 11.6 Å². The van der Waals surface area contributed by atoms with Gasteiger partial charge in [-0.1, -0.05) is 24.1 Å². The molecule has 1 saturated heterocycles. The van der Waals surface area contributed by atoms with E-state index in [9.17, 15) is 4.79 Å². The van der Waals surface area contributed by atoms with Gasteiger partial charge in [-0.05, 0) is 57.9 Å². The van der Waals surface area contributed by atoms with Crippen LogP contribution in [0, 0.1) is 0 Å². The lowest BCUT2D eigenvalue weighted by atomic mass is 9.96. The highest BCUT2D eigenvalue weighted by Gasteiger charge is 2.21. The number of anilines is 1. The Hall–Kier alpha value is -1.26. The number of nitrogens with one attached hydrogen (secondary N) is 2. The van der Waals surface area contributed by atoms with Gasteiger partial charge in [-0.3, -0.25) is 5.32 Å². The third-order valence-corrected chi connectivity index (χ3v) is 3.57. The molecular formula is C16H23ClN2O2. The monoisotopic (exact) mass is 310 g/mol. The topological polar surface area (TPSA) is 50.4 Å². The first kappa shape index (κ1) is 16.1. The highest BCUT2D eigenvalue weighted by Crippen LogP contribution is 2.31. The lowest BCUT2D eigenvalue weighted by molar-refractivity contribution is 0.0635. The molecule has 1 fully saturated rings. The third kappa shape index (κ3) is 4.90. The van der Waals surface area contributed by atoms with Gasteiger partial charge in [0.15, 0.2) is 0 Å². The number of piperidine rings is 1. The quantitative estimate of drug-likeness (QED) is 0.845. The second kappa shape index (κ2) is 6.67. The SMILES string of the molecule is CC(C)(C)OC(=O)Nc1cc(Cl)ccc1C1CCCCN1. The van der Waals surface area contributed by atoms with Crippen LogP contribution in [0.5, 0.6) is 0 Å². The molecule has 1 atom stereocenters. The average molecular weight is 311 g/mol. The van der Waals surface area contributed by atoms with Crippen molar-refractivity contribution in [2.75, 3.05) is 11.9 Å². The summed E-state index contributed by atoms with van der Waals surface area (Å²) in [6.07, 6.45) is 2.98. The molecule has 2 N–H and O–H groups in total. The number of rotatable bonds is 2. The predicted molar refractivity (Wildman–Crippen MR) is 85.9 cm³/mol. The van der Waals surface area contributed by atoms with Crippen molar-refractivity contribution in [1.29, 1.82) is 0 Å². The number of hydrogen-bond acceptors (Lipinski definition) is 3. The molecule has 1 aliphatic heterocycles. The molecule has 2 rings (SSSR count). The Bertz CT molecular complexity index is 505. The molecule has 0 saturated carbocycles. The van der Waals surface area contributed by atoms with Crippen molar-refractivity contribution in [3.8, 4) is 0 Å². The van der Waals surface area contributed by atoms with Gasteiger partial charge < -0.3 is 10.1 Å². The number of carbonyl (C=O) groups is 1. The van der Waals surface area contributed by atoms with Gasteiger partial charge in [0.1, 0.15) is 5.60 Å². The molecule has 1 heterocycles. The molecule has 4 nitrogen and oxygen atoms in total. The molecule has 1 aromatic carbocycles. The zero-order chi connectivity index (χ0) is 15.5. The van der Waals surface area contributed by atoms with Gasteiger partial charge in [0.05, 0.1) is 5.69 Å². The third-order valence-electron chi connectivity index (χ3n) is 3.34. The number of hydrogen-bond donors (Lipinski definition) is 2. The standard InChI is InChI=1S/C16H23ClN2O2/c1-16(2,3)21-15(20)19-14-10-11(17)7-8-12(14)13-6-4-5-9-18-13/h7-8,10,13,18H,4-6,9H2,1-3H3,(H,19,20). The van der Waals surface area contributed by atoms with Crippen molar-refractivity contribution in [3.63, 3.8) is 0 Å². The van der Waals surface area contributed by atoms with E-state index in [-0.39, 0.29) is 6.04 Å². The number of halogens is 1. The van der Waals surface area contributed by atoms with E-state index in [0.717, 1.165) is 24.2 Å². The minimum Gasteiger partial charge on any atom is -0.444 e. The van der Waals surface area contributed by atoms with Crippen LogP contribution in [0.4, 0.5) is 10.5 Å². The maximum Gasteiger partial charge on any atom is 0.412 e. The Kier molecular flexibility index (Phi) is 5.12. The maximum absolute atomic E-state index is 12.0. The Morgan fingerprint density at radius 2 is 2.14 bits per heavy atom. The first-order valence-corrected chi connectivity index (χ1v) is 7.76. The van der Waals surface area contributed by atoms with Crippen molar-refractivity contribution >= 4 is 23.4 Å². The molecule has 0 radical (unpaired) electrons. The highest BCUT2D eigenvalue weighted by atomic mass is 35.5. The van der Waals surface area contributed by atoms with Gasteiger partial charge in [-0.15, -0.1) is 0 Å². The fraction of sp³-hybridized carbons (Fsp3) is 0.562. The van der Waals surface area contributed by atoms with Crippen molar-refractivity contribution in [2.45, 2.75) is 51.7 Å². The Morgan fingerprint density at radius 1 is 1.38 bits per heavy atom. The van der Waals surface area contributed by atoms with Gasteiger partial charge in [0.2, 0.25) is 0 Å². The van der Waals surface area contributed by atoms with Crippen LogP contribution < -0.4 is 10.6 Å². The van der Waals surface area contributed by atoms with E-state index in [1.807, 2.05) is 32.9 Å². The summed E-state index contributed by atoms with van der Waals surface area (Å²) in [5.74, 6) is 0. The molecule has 1 amide bonds. The molecule has 0 bridgehead atoms. The van der Waals surface area contributed by atoms with Crippen molar-refractivity contribution < 1.29 is 9.53 Å². The summed E-state index contributed by atoms with van der Waals surface area (Å²) in [4.78, 5) is 12.0. The Morgan fingerprint density at radius 3 is 2.76 bits per heavy atom. The van der Waals surface area contributed by atoms with E-state index in [4.69, 9.17) is 16.3 Å². The van der Waals surface area contributed by atoms with Crippen LogP contribution in [0.3, 0.4) is 0 Å². The molecule has 116 valence electrons. The zero-order valence-corrected chi connectivity index (χ0v) is 13.6. The summed E-state index contributed by atoms with van der Waals surface area (Å²) >= 11 is 6.06. The summed E-state index contributed by atoms with van der Waals surface area (Å²) in [5.41, 5.74) is 1.26. The van der Waals surface area contributed by atoms with Gasteiger partial charge >= 0.3 is 6.09 Å². The van der Waals surface area contributed by atoms with E-state index in [1.54, 1.807) is 6.07 Å². The van der Waals surface area contributed by atoms with Crippen LogP contribution in [0.1, 0.15) is 51.6 Å². The second-order valence-corrected chi connectivity index (χ2v) is 6.80. The number of ether oxygens (including phenoxy) is 1. The highest BCUT2D eigenvalue weighted by molar-refractivity contribution is 6.31. The minimum atomic E-state index is -0.522. The van der Waals surface area contributed by atoms with E-state index in [1.165, 1.54) is 12.8 Å². The minimum absolute atomic E-state index is 0.251. The molecule has 1 aromatic rings. The number of benzene rings is 1.